The molecule has 6 heteroatoms. The maximum Gasteiger partial charge on any atom is 0.238 e. The van der Waals surface area contributed by atoms with Gasteiger partial charge in [-0.15, -0.1) is 0 Å². The van der Waals surface area contributed by atoms with Crippen LogP contribution in [0.2, 0.25) is 0 Å². The number of hydrogen-bond acceptors (Lipinski definition) is 3. The van der Waals surface area contributed by atoms with Gasteiger partial charge in [-0.05, 0) is 25.1 Å². The van der Waals surface area contributed by atoms with E-state index in [0.717, 1.165) is 6.42 Å². The second kappa shape index (κ2) is 7.94. The van der Waals surface area contributed by atoms with E-state index < -0.39 is 16.6 Å². The molecule has 1 amide bonds. The van der Waals surface area contributed by atoms with Gasteiger partial charge in [-0.3, -0.25) is 9.00 Å². The molecule has 2 N–H and O–H groups in total. The van der Waals surface area contributed by atoms with Gasteiger partial charge >= 0.3 is 0 Å². The van der Waals surface area contributed by atoms with Crippen molar-refractivity contribution in [2.45, 2.75) is 6.42 Å². The van der Waals surface area contributed by atoms with Gasteiger partial charge in [-0.25, -0.2) is 4.39 Å². The first-order chi connectivity index (χ1) is 8.59. The molecule has 0 aromatic heterocycles. The molecule has 1 atom stereocenters. The Hall–Kier alpha value is -1.27. The largest absolute Gasteiger partial charge is 0.322 e. The lowest BCUT2D eigenvalue weighted by atomic mass is 10.3. The van der Waals surface area contributed by atoms with Crippen LogP contribution >= 0.6 is 0 Å². The first-order valence-electron chi connectivity index (χ1n) is 5.64. The van der Waals surface area contributed by atoms with Gasteiger partial charge in [0.25, 0.3) is 0 Å². The van der Waals surface area contributed by atoms with Gasteiger partial charge in [0.2, 0.25) is 5.91 Å². The Morgan fingerprint density at radius 1 is 1.39 bits per heavy atom. The molecule has 0 saturated heterocycles. The highest BCUT2D eigenvalue weighted by Gasteiger charge is 2.05. The van der Waals surface area contributed by atoms with Gasteiger partial charge in [-0.2, -0.15) is 0 Å². The molecular formula is C12H17FN2O2S. The molecule has 0 heterocycles. The highest BCUT2D eigenvalue weighted by Crippen LogP contribution is 2.11. The second-order valence-electron chi connectivity index (χ2n) is 3.84. The van der Waals surface area contributed by atoms with E-state index >= 15 is 0 Å². The minimum atomic E-state index is -0.804. The van der Waals surface area contributed by atoms with E-state index in [1.165, 1.54) is 12.1 Å². The van der Waals surface area contributed by atoms with Crippen molar-refractivity contribution in [3.05, 3.63) is 30.1 Å². The minimum Gasteiger partial charge on any atom is -0.322 e. The Morgan fingerprint density at radius 3 is 2.78 bits per heavy atom. The average molecular weight is 272 g/mol. The molecule has 0 aliphatic heterocycles. The molecular weight excluding hydrogens is 255 g/mol. The number of rotatable bonds is 7. The Morgan fingerprint density at radius 2 is 2.11 bits per heavy atom. The summed E-state index contributed by atoms with van der Waals surface area (Å²) >= 11 is 0. The van der Waals surface area contributed by atoms with Gasteiger partial charge in [0.1, 0.15) is 5.82 Å². The van der Waals surface area contributed by atoms with E-state index in [-0.39, 0.29) is 18.1 Å². The van der Waals surface area contributed by atoms with Gasteiger partial charge < -0.3 is 10.6 Å². The quantitative estimate of drug-likeness (QED) is 0.731. The summed E-state index contributed by atoms with van der Waals surface area (Å²) in [5.41, 5.74) is 0.180. The van der Waals surface area contributed by atoms with Crippen molar-refractivity contribution in [1.82, 2.24) is 5.32 Å². The molecule has 18 heavy (non-hydrogen) atoms. The normalized spacial score (nSPS) is 12.1. The molecule has 1 unspecified atom stereocenters. The lowest BCUT2D eigenvalue weighted by Gasteiger charge is -2.07. The standard InChI is InChI=1S/C12H17FN2O2S/c1-18(17)8-4-7-14-9-12(16)15-11-6-3-2-5-10(11)13/h2-3,5-6,14H,4,7-9H2,1H3,(H,15,16). The van der Waals surface area contributed by atoms with Crippen molar-refractivity contribution in [2.24, 2.45) is 0 Å². The average Bonchev–Trinajstić information content (AvgIpc) is 2.31. The van der Waals surface area contributed by atoms with Crippen LogP contribution in [-0.2, 0) is 15.6 Å². The number of halogens is 1. The van der Waals surface area contributed by atoms with Crippen LogP contribution in [0, 0.1) is 5.82 Å². The van der Waals surface area contributed by atoms with Gasteiger partial charge in [0.15, 0.2) is 0 Å². The molecule has 0 bridgehead atoms. The van der Waals surface area contributed by atoms with Crippen molar-refractivity contribution in [3.8, 4) is 0 Å². The third kappa shape index (κ3) is 5.88. The SMILES string of the molecule is CS(=O)CCCNCC(=O)Nc1ccccc1F. The van der Waals surface area contributed by atoms with E-state index in [1.807, 2.05) is 0 Å². The smallest absolute Gasteiger partial charge is 0.238 e. The Balaban J connectivity index is 2.22. The van der Waals surface area contributed by atoms with Crippen molar-refractivity contribution in [3.63, 3.8) is 0 Å². The highest BCUT2D eigenvalue weighted by molar-refractivity contribution is 7.84. The summed E-state index contributed by atoms with van der Waals surface area (Å²) in [6.07, 6.45) is 2.39. The van der Waals surface area contributed by atoms with Crippen molar-refractivity contribution < 1.29 is 13.4 Å². The summed E-state index contributed by atoms with van der Waals surface area (Å²) in [5.74, 6) is -0.132. The van der Waals surface area contributed by atoms with Crippen LogP contribution in [0.4, 0.5) is 10.1 Å². The summed E-state index contributed by atoms with van der Waals surface area (Å²) in [7, 11) is -0.804. The van der Waals surface area contributed by atoms with Crippen LogP contribution in [0.1, 0.15) is 6.42 Å². The third-order valence-electron chi connectivity index (χ3n) is 2.22. The van der Waals surface area contributed by atoms with Gasteiger partial charge in [-0.1, -0.05) is 12.1 Å². The molecule has 1 aromatic rings. The fourth-order valence-corrected chi connectivity index (χ4v) is 1.91. The predicted octanol–water partition coefficient (Wildman–Crippen LogP) is 1.12. The topological polar surface area (TPSA) is 58.2 Å². The molecule has 0 aliphatic carbocycles. The van der Waals surface area contributed by atoms with Crippen molar-refractivity contribution in [2.75, 3.05) is 30.4 Å². The first kappa shape index (κ1) is 14.8. The zero-order valence-corrected chi connectivity index (χ0v) is 11.1. The van der Waals surface area contributed by atoms with E-state index in [9.17, 15) is 13.4 Å². The summed E-state index contributed by atoms with van der Waals surface area (Å²) in [5, 5.41) is 5.38. The fraction of sp³-hybridized carbons (Fsp3) is 0.417. The van der Waals surface area contributed by atoms with Crippen LogP contribution in [0.5, 0.6) is 0 Å². The maximum atomic E-state index is 13.2. The summed E-state index contributed by atoms with van der Waals surface area (Å²) in [4.78, 5) is 11.5. The molecule has 4 nitrogen and oxygen atoms in total. The van der Waals surface area contributed by atoms with Gasteiger partial charge in [0, 0.05) is 22.8 Å². The molecule has 100 valence electrons. The van der Waals surface area contributed by atoms with E-state index in [0.29, 0.717) is 12.3 Å². The highest BCUT2D eigenvalue weighted by atomic mass is 32.2. The fourth-order valence-electron chi connectivity index (χ4n) is 1.36. The van der Waals surface area contributed by atoms with Gasteiger partial charge in [0.05, 0.1) is 12.2 Å². The third-order valence-corrected chi connectivity index (χ3v) is 3.08. The van der Waals surface area contributed by atoms with Crippen LogP contribution in [0.3, 0.4) is 0 Å². The van der Waals surface area contributed by atoms with E-state index in [1.54, 1.807) is 18.4 Å². The lowest BCUT2D eigenvalue weighted by Crippen LogP contribution is -2.29. The number of benzene rings is 1. The zero-order valence-electron chi connectivity index (χ0n) is 10.2. The Labute approximate surface area is 108 Å². The lowest BCUT2D eigenvalue weighted by molar-refractivity contribution is -0.115. The number of carbonyl (C=O) groups is 1. The number of amides is 1. The summed E-state index contributed by atoms with van der Waals surface area (Å²) in [6.45, 7) is 0.731. The summed E-state index contributed by atoms with van der Waals surface area (Å²) in [6, 6.07) is 6.02. The van der Waals surface area contributed by atoms with Crippen LogP contribution < -0.4 is 10.6 Å². The van der Waals surface area contributed by atoms with Crippen LogP contribution in [-0.4, -0.2) is 35.2 Å². The summed E-state index contributed by atoms with van der Waals surface area (Å²) < 4.78 is 24.0. The number of carbonyl (C=O) groups excluding carboxylic acids is 1. The number of nitrogens with one attached hydrogen (secondary N) is 2. The Bertz CT molecular complexity index is 426. The van der Waals surface area contributed by atoms with Crippen molar-refractivity contribution >= 4 is 22.4 Å². The Kier molecular flexibility index (Phi) is 6.53. The second-order valence-corrected chi connectivity index (χ2v) is 5.39. The molecule has 1 aromatic carbocycles. The molecule has 0 spiro atoms. The van der Waals surface area contributed by atoms with Crippen LogP contribution in [0.15, 0.2) is 24.3 Å². The molecule has 0 fully saturated rings. The monoisotopic (exact) mass is 272 g/mol. The van der Waals surface area contributed by atoms with Crippen molar-refractivity contribution in [1.29, 1.82) is 0 Å². The molecule has 1 rings (SSSR count). The number of hydrogen-bond donors (Lipinski definition) is 2. The first-order valence-corrected chi connectivity index (χ1v) is 7.37. The van der Waals surface area contributed by atoms with E-state index in [2.05, 4.69) is 10.6 Å². The molecule has 0 radical (unpaired) electrons. The predicted molar refractivity (Wildman–Crippen MR) is 71.4 cm³/mol. The maximum absolute atomic E-state index is 13.2. The van der Waals surface area contributed by atoms with E-state index in [4.69, 9.17) is 0 Å². The molecule has 0 aliphatic rings. The minimum absolute atomic E-state index is 0.116. The molecule has 0 saturated carbocycles. The van der Waals surface area contributed by atoms with Crippen LogP contribution in [0.25, 0.3) is 0 Å². The number of anilines is 1. The number of para-hydroxylation sites is 1. The zero-order chi connectivity index (χ0) is 13.4.